The lowest BCUT2D eigenvalue weighted by atomic mass is 10.1. The first-order valence-corrected chi connectivity index (χ1v) is 9.60. The summed E-state index contributed by atoms with van der Waals surface area (Å²) in [5, 5.41) is 2.66. The van der Waals surface area contributed by atoms with Crippen molar-refractivity contribution in [2.45, 2.75) is 6.92 Å². The zero-order valence-corrected chi connectivity index (χ0v) is 17.5. The van der Waals surface area contributed by atoms with Gasteiger partial charge in [0, 0.05) is 21.8 Å². The molecule has 7 heteroatoms. The first-order chi connectivity index (χ1) is 14.0. The fraction of sp³-hybridized carbons (Fsp3) is 0.136. The van der Waals surface area contributed by atoms with Crippen molar-refractivity contribution >= 4 is 33.5 Å². The topological polar surface area (TPSA) is 77.5 Å². The second kappa shape index (κ2) is 9.34. The van der Waals surface area contributed by atoms with E-state index in [4.69, 9.17) is 9.47 Å². The Morgan fingerprint density at radius 3 is 2.59 bits per heavy atom. The third-order valence-electron chi connectivity index (χ3n) is 4.11. The van der Waals surface area contributed by atoms with E-state index in [9.17, 15) is 9.59 Å². The van der Waals surface area contributed by atoms with E-state index in [-0.39, 0.29) is 0 Å². The Kier molecular flexibility index (Phi) is 6.61. The maximum absolute atomic E-state index is 12.4. The number of aromatic nitrogens is 1. The number of nitrogens with one attached hydrogen (secondary N) is 1. The van der Waals surface area contributed by atoms with Gasteiger partial charge in [0.25, 0.3) is 5.91 Å². The number of aryl methyl sites for hydroxylation is 1. The predicted molar refractivity (Wildman–Crippen MR) is 114 cm³/mol. The molecule has 148 valence electrons. The van der Waals surface area contributed by atoms with E-state index in [2.05, 4.69) is 26.2 Å². The molecule has 0 radical (unpaired) electrons. The number of nitrogens with zero attached hydrogens (tertiary/aromatic N) is 1. The van der Waals surface area contributed by atoms with Crippen LogP contribution in [0.15, 0.2) is 65.1 Å². The van der Waals surface area contributed by atoms with Crippen LogP contribution in [0, 0.1) is 6.92 Å². The summed E-state index contributed by atoms with van der Waals surface area (Å²) in [6, 6.07) is 18.0. The van der Waals surface area contributed by atoms with Gasteiger partial charge in [0.1, 0.15) is 5.75 Å². The number of benzene rings is 2. The zero-order valence-electron chi connectivity index (χ0n) is 15.9. The van der Waals surface area contributed by atoms with Crippen molar-refractivity contribution in [2.75, 3.05) is 19.0 Å². The average Bonchev–Trinajstić information content (AvgIpc) is 2.72. The molecule has 3 rings (SSSR count). The molecular formula is C22H19BrN2O4. The smallest absolute Gasteiger partial charge is 0.340 e. The molecule has 0 saturated carbocycles. The monoisotopic (exact) mass is 454 g/mol. The van der Waals surface area contributed by atoms with Crippen LogP contribution in [-0.4, -0.2) is 30.6 Å². The van der Waals surface area contributed by atoms with E-state index < -0.39 is 18.5 Å². The third-order valence-corrected chi connectivity index (χ3v) is 4.61. The Hall–Kier alpha value is -3.19. The SMILES string of the molecule is COc1cccc(NC(=O)COC(=O)c2ccc(-c3cccc(Br)c3)nc2C)c1. The molecule has 0 aliphatic heterocycles. The van der Waals surface area contributed by atoms with Crippen LogP contribution < -0.4 is 10.1 Å². The molecule has 0 saturated heterocycles. The first-order valence-electron chi connectivity index (χ1n) is 8.81. The number of hydrogen-bond acceptors (Lipinski definition) is 5. The standard InChI is InChI=1S/C22H19BrN2O4/c1-14-19(9-10-20(24-14)15-5-3-6-16(23)11-15)22(27)29-13-21(26)25-17-7-4-8-18(12-17)28-2/h3-12H,13H2,1-2H3,(H,25,26). The maximum Gasteiger partial charge on any atom is 0.340 e. The highest BCUT2D eigenvalue weighted by molar-refractivity contribution is 9.10. The van der Waals surface area contributed by atoms with E-state index in [1.807, 2.05) is 24.3 Å². The van der Waals surface area contributed by atoms with Crippen LogP contribution in [0.3, 0.4) is 0 Å². The largest absolute Gasteiger partial charge is 0.497 e. The van der Waals surface area contributed by atoms with Crippen molar-refractivity contribution in [2.24, 2.45) is 0 Å². The maximum atomic E-state index is 12.4. The van der Waals surface area contributed by atoms with Gasteiger partial charge >= 0.3 is 5.97 Å². The molecule has 0 bridgehead atoms. The Labute approximate surface area is 177 Å². The highest BCUT2D eigenvalue weighted by Gasteiger charge is 2.15. The summed E-state index contributed by atoms with van der Waals surface area (Å²) >= 11 is 3.43. The van der Waals surface area contributed by atoms with Gasteiger partial charge in [-0.05, 0) is 43.3 Å². The number of carbonyl (C=O) groups is 2. The van der Waals surface area contributed by atoms with Gasteiger partial charge in [0.2, 0.25) is 0 Å². The summed E-state index contributed by atoms with van der Waals surface area (Å²) in [7, 11) is 1.54. The molecule has 1 aromatic heterocycles. The van der Waals surface area contributed by atoms with Gasteiger partial charge in [-0.15, -0.1) is 0 Å². The molecule has 1 N–H and O–H groups in total. The molecule has 0 unspecified atom stereocenters. The third kappa shape index (κ3) is 5.42. The molecule has 1 heterocycles. The number of anilines is 1. The lowest BCUT2D eigenvalue weighted by molar-refractivity contribution is -0.119. The molecule has 1 amide bonds. The molecule has 6 nitrogen and oxygen atoms in total. The van der Waals surface area contributed by atoms with Crippen molar-refractivity contribution in [1.82, 2.24) is 4.98 Å². The lowest BCUT2D eigenvalue weighted by Gasteiger charge is -2.10. The normalized spacial score (nSPS) is 10.3. The van der Waals surface area contributed by atoms with Crippen LogP contribution in [0.2, 0.25) is 0 Å². The van der Waals surface area contributed by atoms with Gasteiger partial charge in [-0.1, -0.05) is 34.1 Å². The number of halogens is 1. The fourth-order valence-electron chi connectivity index (χ4n) is 2.69. The molecule has 0 aliphatic rings. The summed E-state index contributed by atoms with van der Waals surface area (Å²) in [4.78, 5) is 28.9. The van der Waals surface area contributed by atoms with Gasteiger partial charge in [-0.2, -0.15) is 0 Å². The number of methoxy groups -OCH3 is 1. The molecule has 29 heavy (non-hydrogen) atoms. The van der Waals surface area contributed by atoms with Gasteiger partial charge in [0.05, 0.1) is 24.1 Å². The molecule has 2 aromatic carbocycles. The van der Waals surface area contributed by atoms with Gasteiger partial charge in [-0.3, -0.25) is 9.78 Å². The van der Waals surface area contributed by atoms with Crippen LogP contribution in [0.4, 0.5) is 5.69 Å². The minimum atomic E-state index is -0.600. The summed E-state index contributed by atoms with van der Waals surface area (Å²) in [5.74, 6) is -0.424. The van der Waals surface area contributed by atoms with E-state index in [0.29, 0.717) is 22.7 Å². The number of esters is 1. The number of hydrogen-bond donors (Lipinski definition) is 1. The van der Waals surface area contributed by atoms with Crippen molar-refractivity contribution < 1.29 is 19.1 Å². The van der Waals surface area contributed by atoms with Crippen LogP contribution in [0.1, 0.15) is 16.1 Å². The van der Waals surface area contributed by atoms with Gasteiger partial charge in [0.15, 0.2) is 6.61 Å². The van der Waals surface area contributed by atoms with Crippen LogP contribution in [-0.2, 0) is 9.53 Å². The summed E-state index contributed by atoms with van der Waals surface area (Å²) < 4.78 is 11.2. The minimum absolute atomic E-state index is 0.318. The van der Waals surface area contributed by atoms with Crippen molar-refractivity contribution in [3.8, 4) is 17.0 Å². The van der Waals surface area contributed by atoms with E-state index in [1.165, 1.54) is 0 Å². The zero-order chi connectivity index (χ0) is 20.8. The van der Waals surface area contributed by atoms with E-state index in [0.717, 1.165) is 15.7 Å². The number of rotatable bonds is 6. The van der Waals surface area contributed by atoms with Crippen molar-refractivity contribution in [1.29, 1.82) is 0 Å². The summed E-state index contributed by atoms with van der Waals surface area (Å²) in [6.45, 7) is 1.33. The molecule has 0 atom stereocenters. The van der Waals surface area contributed by atoms with Crippen LogP contribution in [0.5, 0.6) is 5.75 Å². The quantitative estimate of drug-likeness (QED) is 0.549. The molecule has 0 spiro atoms. The van der Waals surface area contributed by atoms with Gasteiger partial charge in [-0.25, -0.2) is 4.79 Å². The lowest BCUT2D eigenvalue weighted by Crippen LogP contribution is -2.21. The Bertz CT molecular complexity index is 1050. The Morgan fingerprint density at radius 1 is 1.07 bits per heavy atom. The number of ether oxygens (including phenoxy) is 2. The highest BCUT2D eigenvalue weighted by Crippen LogP contribution is 2.23. The van der Waals surface area contributed by atoms with Crippen LogP contribution >= 0.6 is 15.9 Å². The molecule has 3 aromatic rings. The number of amides is 1. The number of carbonyl (C=O) groups excluding carboxylic acids is 2. The Balaban J connectivity index is 1.62. The number of pyridine rings is 1. The fourth-order valence-corrected chi connectivity index (χ4v) is 3.09. The summed E-state index contributed by atoms with van der Waals surface area (Å²) in [6.07, 6.45) is 0. The van der Waals surface area contributed by atoms with E-state index in [1.54, 1.807) is 50.4 Å². The minimum Gasteiger partial charge on any atom is -0.497 e. The summed E-state index contributed by atoms with van der Waals surface area (Å²) in [5.41, 5.74) is 3.08. The second-order valence-corrected chi connectivity index (χ2v) is 7.11. The Morgan fingerprint density at radius 2 is 1.86 bits per heavy atom. The average molecular weight is 455 g/mol. The molecule has 0 aliphatic carbocycles. The molecular weight excluding hydrogens is 436 g/mol. The van der Waals surface area contributed by atoms with E-state index >= 15 is 0 Å². The van der Waals surface area contributed by atoms with Crippen LogP contribution in [0.25, 0.3) is 11.3 Å². The predicted octanol–water partition coefficient (Wildman–Crippen LogP) is 4.62. The molecule has 0 fully saturated rings. The highest BCUT2D eigenvalue weighted by atomic mass is 79.9. The second-order valence-electron chi connectivity index (χ2n) is 6.20. The van der Waals surface area contributed by atoms with Crippen molar-refractivity contribution in [3.05, 3.63) is 76.4 Å². The first kappa shape index (κ1) is 20.5. The van der Waals surface area contributed by atoms with Crippen molar-refractivity contribution in [3.63, 3.8) is 0 Å². The van der Waals surface area contributed by atoms with Gasteiger partial charge < -0.3 is 14.8 Å².